The zero-order valence-corrected chi connectivity index (χ0v) is 14.2. The summed E-state index contributed by atoms with van der Waals surface area (Å²) in [7, 11) is 0. The maximum absolute atomic E-state index is 12.7. The van der Waals surface area contributed by atoms with E-state index >= 15 is 0 Å². The summed E-state index contributed by atoms with van der Waals surface area (Å²) in [6, 6.07) is 1.67. The molecule has 23 heavy (non-hydrogen) atoms. The van der Waals surface area contributed by atoms with E-state index in [1.54, 1.807) is 0 Å². The van der Waals surface area contributed by atoms with Gasteiger partial charge in [0.25, 0.3) is 0 Å². The van der Waals surface area contributed by atoms with Crippen LogP contribution in [0.25, 0.3) is 0 Å². The molecule has 0 unspecified atom stereocenters. The molecule has 8 heteroatoms. The number of rotatable bonds is 2. The number of hydrogen-bond acceptors (Lipinski definition) is 4. The van der Waals surface area contributed by atoms with Gasteiger partial charge in [-0.25, -0.2) is 4.98 Å². The smallest absolute Gasteiger partial charge is 0.381 e. The van der Waals surface area contributed by atoms with E-state index in [-0.39, 0.29) is 0 Å². The van der Waals surface area contributed by atoms with E-state index < -0.39 is 11.7 Å². The van der Waals surface area contributed by atoms with Gasteiger partial charge in [0.1, 0.15) is 5.82 Å². The largest absolute Gasteiger partial charge is 0.417 e. The van der Waals surface area contributed by atoms with Crippen LogP contribution in [-0.2, 0) is 10.9 Å². The molecule has 2 saturated heterocycles. The SMILES string of the molecule is FC(F)(F)c1cnc(N2CCN(C3CCOCC3)CC2)c(Br)c1. The molecule has 3 heterocycles. The molecule has 3 rings (SSSR count). The van der Waals surface area contributed by atoms with Crippen molar-refractivity contribution in [3.05, 3.63) is 22.3 Å². The number of halogens is 4. The van der Waals surface area contributed by atoms with Crippen LogP contribution in [0.1, 0.15) is 18.4 Å². The van der Waals surface area contributed by atoms with Gasteiger partial charge in [-0.05, 0) is 34.8 Å². The Morgan fingerprint density at radius 1 is 1.13 bits per heavy atom. The Balaban J connectivity index is 1.63. The van der Waals surface area contributed by atoms with E-state index in [0.29, 0.717) is 16.3 Å². The fourth-order valence-corrected chi connectivity index (χ4v) is 3.77. The fourth-order valence-electron chi connectivity index (χ4n) is 3.17. The van der Waals surface area contributed by atoms with Crippen molar-refractivity contribution in [2.75, 3.05) is 44.3 Å². The molecule has 1 aromatic heterocycles. The average Bonchev–Trinajstić information content (AvgIpc) is 2.55. The van der Waals surface area contributed by atoms with Crippen molar-refractivity contribution in [3.8, 4) is 0 Å². The van der Waals surface area contributed by atoms with Crippen LogP contribution in [0.2, 0.25) is 0 Å². The highest BCUT2D eigenvalue weighted by Gasteiger charge is 2.32. The van der Waals surface area contributed by atoms with Crippen molar-refractivity contribution >= 4 is 21.7 Å². The minimum atomic E-state index is -4.37. The first-order chi connectivity index (χ1) is 10.9. The molecule has 2 fully saturated rings. The zero-order chi connectivity index (χ0) is 16.4. The number of hydrogen-bond donors (Lipinski definition) is 0. The molecule has 0 saturated carbocycles. The molecule has 0 bridgehead atoms. The summed E-state index contributed by atoms with van der Waals surface area (Å²) in [5, 5.41) is 0. The lowest BCUT2D eigenvalue weighted by atomic mass is 10.1. The molecule has 2 aliphatic rings. The van der Waals surface area contributed by atoms with Gasteiger partial charge < -0.3 is 9.64 Å². The second-order valence-corrected chi connectivity index (χ2v) is 6.75. The molecule has 0 amide bonds. The third kappa shape index (κ3) is 3.97. The topological polar surface area (TPSA) is 28.6 Å². The average molecular weight is 394 g/mol. The van der Waals surface area contributed by atoms with Crippen LogP contribution < -0.4 is 4.90 Å². The van der Waals surface area contributed by atoms with Crippen LogP contribution in [0.5, 0.6) is 0 Å². The first-order valence-electron chi connectivity index (χ1n) is 7.74. The quantitative estimate of drug-likeness (QED) is 0.771. The molecule has 0 atom stereocenters. The van der Waals surface area contributed by atoms with Crippen molar-refractivity contribution in [3.63, 3.8) is 0 Å². The van der Waals surface area contributed by atoms with Gasteiger partial charge >= 0.3 is 6.18 Å². The van der Waals surface area contributed by atoms with Crippen molar-refractivity contribution in [1.82, 2.24) is 9.88 Å². The highest BCUT2D eigenvalue weighted by molar-refractivity contribution is 9.10. The Morgan fingerprint density at radius 2 is 1.78 bits per heavy atom. The van der Waals surface area contributed by atoms with Crippen LogP contribution >= 0.6 is 15.9 Å². The highest BCUT2D eigenvalue weighted by Crippen LogP contribution is 2.34. The van der Waals surface area contributed by atoms with Crippen molar-refractivity contribution in [1.29, 1.82) is 0 Å². The Labute approximate surface area is 141 Å². The lowest BCUT2D eigenvalue weighted by molar-refractivity contribution is -0.137. The number of anilines is 1. The molecule has 1 aromatic rings. The van der Waals surface area contributed by atoms with E-state index in [1.165, 1.54) is 0 Å². The zero-order valence-electron chi connectivity index (χ0n) is 12.7. The molecular formula is C15H19BrF3N3O. The van der Waals surface area contributed by atoms with Gasteiger partial charge in [0, 0.05) is 51.6 Å². The van der Waals surface area contributed by atoms with Gasteiger partial charge in [-0.2, -0.15) is 13.2 Å². The van der Waals surface area contributed by atoms with E-state index in [9.17, 15) is 13.2 Å². The van der Waals surface area contributed by atoms with E-state index in [0.717, 1.165) is 64.5 Å². The monoisotopic (exact) mass is 393 g/mol. The minimum absolute atomic E-state index is 0.395. The molecule has 0 aliphatic carbocycles. The van der Waals surface area contributed by atoms with Crippen LogP contribution in [-0.4, -0.2) is 55.3 Å². The van der Waals surface area contributed by atoms with Gasteiger partial charge in [-0.1, -0.05) is 0 Å². The highest BCUT2D eigenvalue weighted by atomic mass is 79.9. The Bertz CT molecular complexity index is 541. The number of alkyl halides is 3. The number of pyridine rings is 1. The number of aromatic nitrogens is 1. The number of ether oxygens (including phenoxy) is 1. The summed E-state index contributed by atoms with van der Waals surface area (Å²) in [6.07, 6.45) is -1.34. The molecular weight excluding hydrogens is 375 g/mol. The summed E-state index contributed by atoms with van der Waals surface area (Å²) >= 11 is 3.23. The number of nitrogens with zero attached hydrogens (tertiary/aromatic N) is 3. The Hall–Kier alpha value is -0.860. The second-order valence-electron chi connectivity index (χ2n) is 5.89. The summed E-state index contributed by atoms with van der Waals surface area (Å²) < 4.78 is 43.9. The van der Waals surface area contributed by atoms with Crippen molar-refractivity contribution in [2.24, 2.45) is 0 Å². The third-order valence-corrected chi connectivity index (χ3v) is 5.05. The van der Waals surface area contributed by atoms with Crippen molar-refractivity contribution < 1.29 is 17.9 Å². The van der Waals surface area contributed by atoms with E-state index in [4.69, 9.17) is 4.74 Å². The van der Waals surface area contributed by atoms with Crippen LogP contribution in [0.3, 0.4) is 0 Å². The normalized spacial score (nSPS) is 21.7. The molecule has 0 radical (unpaired) electrons. The van der Waals surface area contributed by atoms with Gasteiger partial charge in [0.2, 0.25) is 0 Å². The Kier molecular flexibility index (Phi) is 5.13. The van der Waals surface area contributed by atoms with Crippen LogP contribution in [0, 0.1) is 0 Å². The first kappa shape index (κ1) is 17.0. The predicted octanol–water partition coefficient (Wildman–Crippen LogP) is 3.16. The molecule has 4 nitrogen and oxygen atoms in total. The fraction of sp³-hybridized carbons (Fsp3) is 0.667. The van der Waals surface area contributed by atoms with Gasteiger partial charge in [0.15, 0.2) is 0 Å². The molecule has 0 spiro atoms. The molecule has 2 aliphatic heterocycles. The maximum atomic E-state index is 12.7. The van der Waals surface area contributed by atoms with E-state index in [2.05, 4.69) is 25.8 Å². The third-order valence-electron chi connectivity index (χ3n) is 4.47. The standard InChI is InChI=1S/C15H19BrF3N3O/c16-13-9-11(15(17,18)19)10-20-14(13)22-5-3-21(4-6-22)12-1-7-23-8-2-12/h9-10,12H,1-8H2. The summed E-state index contributed by atoms with van der Waals surface area (Å²) in [6.45, 7) is 4.98. The molecule has 0 N–H and O–H groups in total. The maximum Gasteiger partial charge on any atom is 0.417 e. The summed E-state index contributed by atoms with van der Waals surface area (Å²) in [5.41, 5.74) is -0.728. The van der Waals surface area contributed by atoms with Gasteiger partial charge in [0.05, 0.1) is 10.0 Å². The van der Waals surface area contributed by atoms with Crippen LogP contribution in [0.15, 0.2) is 16.7 Å². The first-order valence-corrected chi connectivity index (χ1v) is 8.54. The summed E-state index contributed by atoms with van der Waals surface area (Å²) in [5.74, 6) is 0.588. The van der Waals surface area contributed by atoms with Crippen LogP contribution in [0.4, 0.5) is 19.0 Å². The van der Waals surface area contributed by atoms with Gasteiger partial charge in [-0.15, -0.1) is 0 Å². The Morgan fingerprint density at radius 3 is 2.35 bits per heavy atom. The lowest BCUT2D eigenvalue weighted by Gasteiger charge is -2.41. The van der Waals surface area contributed by atoms with Gasteiger partial charge in [-0.3, -0.25) is 4.90 Å². The van der Waals surface area contributed by atoms with E-state index in [1.807, 2.05) is 4.90 Å². The molecule has 0 aromatic carbocycles. The second kappa shape index (κ2) is 6.94. The summed E-state index contributed by atoms with van der Waals surface area (Å²) in [4.78, 5) is 8.52. The number of piperazine rings is 1. The molecule has 128 valence electrons. The predicted molar refractivity (Wildman–Crippen MR) is 84.6 cm³/mol. The lowest BCUT2D eigenvalue weighted by Crippen LogP contribution is -2.52. The van der Waals surface area contributed by atoms with Crippen molar-refractivity contribution in [2.45, 2.75) is 25.1 Å². The minimum Gasteiger partial charge on any atom is -0.381 e.